The largest absolute Gasteiger partial charge is 0.481 e. The number of nitrogens with zero attached hydrogens (tertiary/aromatic N) is 2. The molecule has 1 saturated heterocycles. The number of hydrogen-bond donors (Lipinski definition) is 0. The Bertz CT molecular complexity index is 582. The molecular weight excluding hydrogens is 272 g/mol. The molecule has 3 heteroatoms. The first-order chi connectivity index (χ1) is 10.8. The second-order valence-corrected chi connectivity index (χ2v) is 5.97. The van der Waals surface area contributed by atoms with Crippen LogP contribution in [0.25, 0.3) is 0 Å². The summed E-state index contributed by atoms with van der Waals surface area (Å²) in [5, 5.41) is 0. The summed E-state index contributed by atoms with van der Waals surface area (Å²) in [6, 6.07) is 15.8. The Morgan fingerprint density at radius 3 is 2.64 bits per heavy atom. The number of aromatic nitrogens is 1. The van der Waals surface area contributed by atoms with Crippen molar-refractivity contribution >= 4 is 0 Å². The standard InChI is InChI=1S/C19H24N2O/c1-15(16-8-4-3-5-9-16)21-13-7-6-10-18(21)17-11-12-19(22-2)20-14-17/h3-5,8-9,11-12,14-15,18H,6-7,10,13H2,1-2H3/t15-,18+/m0/s1. The second kappa shape index (κ2) is 6.93. The number of methoxy groups -OCH3 is 1. The molecule has 0 N–H and O–H groups in total. The molecule has 1 aromatic heterocycles. The summed E-state index contributed by atoms with van der Waals surface area (Å²) in [4.78, 5) is 7.00. The van der Waals surface area contributed by atoms with E-state index in [9.17, 15) is 0 Å². The van der Waals surface area contributed by atoms with Gasteiger partial charge < -0.3 is 4.74 Å². The normalized spacial score (nSPS) is 20.5. The van der Waals surface area contributed by atoms with Gasteiger partial charge in [-0.1, -0.05) is 42.8 Å². The number of hydrogen-bond acceptors (Lipinski definition) is 3. The fourth-order valence-electron chi connectivity index (χ4n) is 3.41. The van der Waals surface area contributed by atoms with Crippen LogP contribution in [-0.4, -0.2) is 23.5 Å². The zero-order chi connectivity index (χ0) is 15.4. The number of benzene rings is 1. The summed E-state index contributed by atoms with van der Waals surface area (Å²) < 4.78 is 5.18. The first-order valence-electron chi connectivity index (χ1n) is 8.10. The minimum Gasteiger partial charge on any atom is -0.481 e. The van der Waals surface area contributed by atoms with Crippen LogP contribution in [0.5, 0.6) is 5.88 Å². The molecule has 0 aliphatic carbocycles. The molecular formula is C19H24N2O. The van der Waals surface area contributed by atoms with E-state index in [1.54, 1.807) is 7.11 Å². The fourth-order valence-corrected chi connectivity index (χ4v) is 3.41. The summed E-state index contributed by atoms with van der Waals surface area (Å²) in [7, 11) is 1.66. The lowest BCUT2D eigenvalue weighted by molar-refractivity contribution is 0.103. The zero-order valence-electron chi connectivity index (χ0n) is 13.4. The number of ether oxygens (including phenoxy) is 1. The minimum absolute atomic E-state index is 0.425. The quantitative estimate of drug-likeness (QED) is 0.837. The van der Waals surface area contributed by atoms with Gasteiger partial charge in [0.05, 0.1) is 7.11 Å². The van der Waals surface area contributed by atoms with Crippen LogP contribution >= 0.6 is 0 Å². The molecule has 0 spiro atoms. The number of piperidine rings is 1. The summed E-state index contributed by atoms with van der Waals surface area (Å²) >= 11 is 0. The van der Waals surface area contributed by atoms with Crippen LogP contribution in [0.1, 0.15) is 49.4 Å². The first kappa shape index (κ1) is 15.0. The lowest BCUT2D eigenvalue weighted by Gasteiger charge is -2.40. The molecule has 3 nitrogen and oxygen atoms in total. The molecule has 2 aromatic rings. The van der Waals surface area contributed by atoms with E-state index in [1.807, 2.05) is 12.3 Å². The Morgan fingerprint density at radius 1 is 1.14 bits per heavy atom. The predicted octanol–water partition coefficient (Wildman–Crippen LogP) is 4.38. The van der Waals surface area contributed by atoms with E-state index in [0.717, 1.165) is 6.54 Å². The summed E-state index contributed by atoms with van der Waals surface area (Å²) in [5.74, 6) is 0.683. The number of rotatable bonds is 4. The van der Waals surface area contributed by atoms with Gasteiger partial charge in [-0.25, -0.2) is 4.98 Å². The molecule has 116 valence electrons. The van der Waals surface area contributed by atoms with Crippen molar-refractivity contribution in [2.75, 3.05) is 13.7 Å². The smallest absolute Gasteiger partial charge is 0.212 e. The van der Waals surface area contributed by atoms with E-state index < -0.39 is 0 Å². The molecule has 1 aliphatic rings. The SMILES string of the molecule is COc1ccc([C@H]2CCCCN2[C@@H](C)c2ccccc2)cn1. The van der Waals surface area contributed by atoms with Crippen molar-refractivity contribution in [2.24, 2.45) is 0 Å². The van der Waals surface area contributed by atoms with Crippen LogP contribution in [0.4, 0.5) is 0 Å². The molecule has 2 heterocycles. The molecule has 0 unspecified atom stereocenters. The monoisotopic (exact) mass is 296 g/mol. The van der Waals surface area contributed by atoms with Crippen molar-refractivity contribution in [3.05, 3.63) is 59.8 Å². The molecule has 3 rings (SSSR count). The van der Waals surface area contributed by atoms with Crippen LogP contribution in [-0.2, 0) is 0 Å². The fraction of sp³-hybridized carbons (Fsp3) is 0.421. The van der Waals surface area contributed by atoms with Crippen molar-refractivity contribution < 1.29 is 4.74 Å². The molecule has 0 bridgehead atoms. The van der Waals surface area contributed by atoms with Crippen molar-refractivity contribution in [1.82, 2.24) is 9.88 Å². The minimum atomic E-state index is 0.425. The Balaban J connectivity index is 1.84. The Labute approximate surface area is 132 Å². The zero-order valence-corrected chi connectivity index (χ0v) is 13.4. The third-order valence-electron chi connectivity index (χ3n) is 4.68. The lowest BCUT2D eigenvalue weighted by atomic mass is 9.93. The van der Waals surface area contributed by atoms with Gasteiger partial charge in [0.25, 0.3) is 0 Å². The highest BCUT2D eigenvalue weighted by Crippen LogP contribution is 2.37. The van der Waals surface area contributed by atoms with Gasteiger partial charge in [0.1, 0.15) is 0 Å². The third kappa shape index (κ3) is 3.14. The van der Waals surface area contributed by atoms with E-state index in [-0.39, 0.29) is 0 Å². The maximum atomic E-state index is 5.18. The maximum absolute atomic E-state index is 5.18. The molecule has 0 amide bonds. The molecule has 0 radical (unpaired) electrons. The number of pyridine rings is 1. The van der Waals surface area contributed by atoms with Crippen LogP contribution in [0.3, 0.4) is 0 Å². The van der Waals surface area contributed by atoms with Crippen LogP contribution in [0.2, 0.25) is 0 Å². The Morgan fingerprint density at radius 2 is 1.95 bits per heavy atom. The lowest BCUT2D eigenvalue weighted by Crippen LogP contribution is -2.35. The second-order valence-electron chi connectivity index (χ2n) is 5.97. The summed E-state index contributed by atoms with van der Waals surface area (Å²) in [6.45, 7) is 3.46. The topological polar surface area (TPSA) is 25.4 Å². The Hall–Kier alpha value is -1.87. The van der Waals surface area contributed by atoms with Gasteiger partial charge in [-0.2, -0.15) is 0 Å². The van der Waals surface area contributed by atoms with E-state index in [4.69, 9.17) is 4.74 Å². The summed E-state index contributed by atoms with van der Waals surface area (Å²) in [5.41, 5.74) is 2.68. The van der Waals surface area contributed by atoms with E-state index >= 15 is 0 Å². The number of likely N-dealkylation sites (tertiary alicyclic amines) is 1. The van der Waals surface area contributed by atoms with Gasteiger partial charge in [0.15, 0.2) is 0 Å². The van der Waals surface area contributed by atoms with Gasteiger partial charge in [-0.15, -0.1) is 0 Å². The first-order valence-corrected chi connectivity index (χ1v) is 8.10. The van der Waals surface area contributed by atoms with E-state index in [1.165, 1.54) is 30.4 Å². The van der Waals surface area contributed by atoms with Crippen LogP contribution < -0.4 is 4.74 Å². The highest BCUT2D eigenvalue weighted by molar-refractivity contribution is 5.24. The maximum Gasteiger partial charge on any atom is 0.212 e. The van der Waals surface area contributed by atoms with Gasteiger partial charge in [-0.05, 0) is 37.4 Å². The predicted molar refractivity (Wildman–Crippen MR) is 88.9 cm³/mol. The molecule has 2 atom stereocenters. The van der Waals surface area contributed by atoms with Crippen molar-refractivity contribution in [3.8, 4) is 5.88 Å². The highest BCUT2D eigenvalue weighted by atomic mass is 16.5. The van der Waals surface area contributed by atoms with Crippen LogP contribution in [0.15, 0.2) is 48.7 Å². The third-order valence-corrected chi connectivity index (χ3v) is 4.68. The van der Waals surface area contributed by atoms with Gasteiger partial charge in [0, 0.05) is 24.3 Å². The van der Waals surface area contributed by atoms with E-state index in [0.29, 0.717) is 18.0 Å². The van der Waals surface area contributed by atoms with Gasteiger partial charge in [-0.3, -0.25) is 4.90 Å². The van der Waals surface area contributed by atoms with Crippen molar-refractivity contribution in [3.63, 3.8) is 0 Å². The molecule has 1 aliphatic heterocycles. The van der Waals surface area contributed by atoms with Crippen molar-refractivity contribution in [2.45, 2.75) is 38.3 Å². The molecule has 1 aromatic carbocycles. The Kier molecular flexibility index (Phi) is 4.74. The van der Waals surface area contributed by atoms with Crippen LogP contribution in [0, 0.1) is 0 Å². The molecule has 1 fully saturated rings. The van der Waals surface area contributed by atoms with Gasteiger partial charge >= 0.3 is 0 Å². The van der Waals surface area contributed by atoms with Crippen molar-refractivity contribution in [1.29, 1.82) is 0 Å². The van der Waals surface area contributed by atoms with E-state index in [2.05, 4.69) is 53.2 Å². The summed E-state index contributed by atoms with van der Waals surface area (Å²) in [6.07, 6.45) is 5.73. The highest BCUT2D eigenvalue weighted by Gasteiger charge is 2.28. The molecule has 0 saturated carbocycles. The van der Waals surface area contributed by atoms with Gasteiger partial charge in [0.2, 0.25) is 5.88 Å². The average molecular weight is 296 g/mol. The average Bonchev–Trinajstić information content (AvgIpc) is 2.62. The molecule has 22 heavy (non-hydrogen) atoms.